The molecule has 4 N–H and O–H groups in total. The van der Waals surface area contributed by atoms with Crippen molar-refractivity contribution in [1.29, 1.82) is 0 Å². The smallest absolute Gasteiger partial charge is 0.330 e. The van der Waals surface area contributed by atoms with E-state index in [-0.39, 0.29) is 26.9 Å². The fraction of sp³-hybridized carbons (Fsp3) is 0.0455. The Hall–Kier alpha value is -3.34. The molecule has 0 spiro atoms. The van der Waals surface area contributed by atoms with Crippen LogP contribution in [0, 0.1) is 0 Å². The predicted molar refractivity (Wildman–Crippen MR) is 129 cm³/mol. The van der Waals surface area contributed by atoms with Gasteiger partial charge in [0.25, 0.3) is 11.8 Å². The van der Waals surface area contributed by atoms with E-state index in [0.717, 1.165) is 18.2 Å². The first-order valence-corrected chi connectivity index (χ1v) is 10.6. The van der Waals surface area contributed by atoms with E-state index in [9.17, 15) is 22.8 Å². The molecule has 176 valence electrons. The molecule has 3 rings (SSSR count). The largest absolute Gasteiger partial charge is 0.416 e. The van der Waals surface area contributed by atoms with Crippen molar-refractivity contribution in [2.24, 2.45) is 0 Å². The van der Waals surface area contributed by atoms with Gasteiger partial charge in [-0.2, -0.15) is 13.2 Å². The summed E-state index contributed by atoms with van der Waals surface area (Å²) in [6, 6.07) is 14.8. The van der Waals surface area contributed by atoms with E-state index in [2.05, 4.69) is 21.5 Å². The van der Waals surface area contributed by atoms with Crippen LogP contribution in [0.15, 0.2) is 66.7 Å². The van der Waals surface area contributed by atoms with Crippen molar-refractivity contribution in [3.8, 4) is 0 Å². The van der Waals surface area contributed by atoms with Gasteiger partial charge in [0, 0.05) is 11.1 Å². The molecule has 0 atom stereocenters. The SMILES string of the molecule is O=C(NNC(=S)Nc1ccccc1Cl)c1ccc(Cl)c(NC(=O)c2cccc(C(F)(F)F)c2)c1. The predicted octanol–water partition coefficient (Wildman–Crippen LogP) is 5.90. The van der Waals surface area contributed by atoms with Crippen LogP contribution in [0.1, 0.15) is 26.3 Å². The van der Waals surface area contributed by atoms with Crippen LogP contribution < -0.4 is 21.5 Å². The lowest BCUT2D eigenvalue weighted by Gasteiger charge is -2.14. The minimum atomic E-state index is -4.60. The Balaban J connectivity index is 1.66. The van der Waals surface area contributed by atoms with Crippen LogP contribution in [0.3, 0.4) is 0 Å². The summed E-state index contributed by atoms with van der Waals surface area (Å²) in [4.78, 5) is 24.9. The number of carbonyl (C=O) groups is 2. The van der Waals surface area contributed by atoms with Crippen molar-refractivity contribution < 1.29 is 22.8 Å². The van der Waals surface area contributed by atoms with E-state index >= 15 is 0 Å². The molecule has 3 aromatic carbocycles. The molecule has 0 fully saturated rings. The molecule has 3 aromatic rings. The topological polar surface area (TPSA) is 82.3 Å². The maximum atomic E-state index is 12.9. The molecule has 0 aliphatic rings. The number of hydrazine groups is 1. The second-order valence-corrected chi connectivity index (χ2v) is 7.96. The number of thiocarbonyl (C=S) groups is 1. The van der Waals surface area contributed by atoms with E-state index in [1.807, 2.05) is 0 Å². The number of anilines is 2. The van der Waals surface area contributed by atoms with Gasteiger partial charge in [0.1, 0.15) is 0 Å². The summed E-state index contributed by atoms with van der Waals surface area (Å²) >= 11 is 17.2. The third kappa shape index (κ3) is 6.60. The van der Waals surface area contributed by atoms with Gasteiger partial charge in [0.15, 0.2) is 5.11 Å². The van der Waals surface area contributed by atoms with Gasteiger partial charge < -0.3 is 10.6 Å². The second kappa shape index (κ2) is 10.7. The highest BCUT2D eigenvalue weighted by atomic mass is 35.5. The molecule has 0 aliphatic carbocycles. The van der Waals surface area contributed by atoms with Gasteiger partial charge in [-0.3, -0.25) is 20.4 Å². The number of carbonyl (C=O) groups excluding carboxylic acids is 2. The second-order valence-electron chi connectivity index (χ2n) is 6.74. The number of para-hydroxylation sites is 1. The summed E-state index contributed by atoms with van der Waals surface area (Å²) in [5, 5.41) is 5.80. The lowest BCUT2D eigenvalue weighted by molar-refractivity contribution is -0.137. The number of rotatable bonds is 4. The standard InChI is InChI=1S/C22H15Cl2F3N4O2S/c23-15-6-1-2-7-17(15)29-21(34)31-30-20(33)13-8-9-16(24)18(11-13)28-19(32)12-4-3-5-14(10-12)22(25,26)27/h1-11H,(H,28,32)(H,30,33)(H2,29,31,34). The maximum absolute atomic E-state index is 12.9. The van der Waals surface area contributed by atoms with Crippen molar-refractivity contribution in [2.75, 3.05) is 10.6 Å². The molecule has 0 unspecified atom stereocenters. The van der Waals surface area contributed by atoms with Gasteiger partial charge in [0.05, 0.1) is 27.0 Å². The molecule has 0 bridgehead atoms. The monoisotopic (exact) mass is 526 g/mol. The van der Waals surface area contributed by atoms with Gasteiger partial charge in [-0.05, 0) is 60.7 Å². The van der Waals surface area contributed by atoms with Crippen LogP contribution in [0.25, 0.3) is 0 Å². The zero-order chi connectivity index (χ0) is 24.9. The van der Waals surface area contributed by atoms with E-state index in [4.69, 9.17) is 35.4 Å². The highest BCUT2D eigenvalue weighted by Gasteiger charge is 2.31. The Kier molecular flexibility index (Phi) is 7.98. The van der Waals surface area contributed by atoms with E-state index in [1.165, 1.54) is 24.3 Å². The molecule has 2 amide bonds. The quantitative estimate of drug-likeness (QED) is 0.251. The summed E-state index contributed by atoms with van der Waals surface area (Å²) in [6.07, 6.45) is -4.60. The Morgan fingerprint density at radius 2 is 1.41 bits per heavy atom. The molecule has 0 aliphatic heterocycles. The highest BCUT2D eigenvalue weighted by molar-refractivity contribution is 7.80. The van der Waals surface area contributed by atoms with Crippen LogP contribution in [-0.4, -0.2) is 16.9 Å². The number of alkyl halides is 3. The summed E-state index contributed by atoms with van der Waals surface area (Å²) in [5.41, 5.74) is 4.36. The molecule has 34 heavy (non-hydrogen) atoms. The van der Waals surface area contributed by atoms with Crippen LogP contribution in [-0.2, 0) is 6.18 Å². The van der Waals surface area contributed by atoms with Gasteiger partial charge in [-0.1, -0.05) is 41.4 Å². The molecule has 0 aromatic heterocycles. The molecule has 0 saturated carbocycles. The lowest BCUT2D eigenvalue weighted by Crippen LogP contribution is -2.43. The van der Waals surface area contributed by atoms with Gasteiger partial charge >= 0.3 is 6.18 Å². The van der Waals surface area contributed by atoms with Gasteiger partial charge in [-0.25, -0.2) is 0 Å². The average molecular weight is 527 g/mol. The first-order valence-electron chi connectivity index (χ1n) is 9.44. The van der Waals surface area contributed by atoms with Crippen molar-refractivity contribution in [2.45, 2.75) is 6.18 Å². The first kappa shape index (κ1) is 25.3. The number of hydrogen-bond donors (Lipinski definition) is 4. The number of nitrogens with one attached hydrogen (secondary N) is 4. The van der Waals surface area contributed by atoms with Crippen molar-refractivity contribution in [3.05, 3.63) is 93.5 Å². The molecule has 12 heteroatoms. The Morgan fingerprint density at radius 1 is 0.735 bits per heavy atom. The number of amides is 2. The number of hydrogen-bond acceptors (Lipinski definition) is 3. The van der Waals surface area contributed by atoms with Gasteiger partial charge in [-0.15, -0.1) is 0 Å². The minimum absolute atomic E-state index is 0.0356. The van der Waals surface area contributed by atoms with Crippen molar-refractivity contribution in [3.63, 3.8) is 0 Å². The Morgan fingerprint density at radius 3 is 2.12 bits per heavy atom. The third-order valence-electron chi connectivity index (χ3n) is 4.34. The van der Waals surface area contributed by atoms with Crippen LogP contribution in [0.4, 0.5) is 24.5 Å². The molecule has 6 nitrogen and oxygen atoms in total. The van der Waals surface area contributed by atoms with Crippen LogP contribution in [0.2, 0.25) is 10.0 Å². The van der Waals surface area contributed by atoms with Gasteiger partial charge in [0.2, 0.25) is 0 Å². The molecular weight excluding hydrogens is 512 g/mol. The lowest BCUT2D eigenvalue weighted by atomic mass is 10.1. The summed E-state index contributed by atoms with van der Waals surface area (Å²) in [7, 11) is 0. The summed E-state index contributed by atoms with van der Waals surface area (Å²) in [5.74, 6) is -1.44. The van der Waals surface area contributed by atoms with Crippen molar-refractivity contribution in [1.82, 2.24) is 10.9 Å². The van der Waals surface area contributed by atoms with E-state index < -0.39 is 23.6 Å². The zero-order valence-electron chi connectivity index (χ0n) is 17.0. The molecule has 0 heterocycles. The van der Waals surface area contributed by atoms with Crippen LogP contribution in [0.5, 0.6) is 0 Å². The fourth-order valence-electron chi connectivity index (χ4n) is 2.70. The average Bonchev–Trinajstić information content (AvgIpc) is 2.80. The number of halogens is 5. The summed E-state index contributed by atoms with van der Waals surface area (Å²) in [6.45, 7) is 0. The minimum Gasteiger partial charge on any atom is -0.330 e. The number of benzene rings is 3. The normalized spacial score (nSPS) is 10.9. The maximum Gasteiger partial charge on any atom is 0.416 e. The molecule has 0 radical (unpaired) electrons. The first-order chi connectivity index (χ1) is 16.0. The highest BCUT2D eigenvalue weighted by Crippen LogP contribution is 2.30. The zero-order valence-corrected chi connectivity index (χ0v) is 19.3. The van der Waals surface area contributed by atoms with Crippen molar-refractivity contribution >= 4 is 63.7 Å². The third-order valence-corrected chi connectivity index (χ3v) is 5.20. The Bertz CT molecular complexity index is 1250. The fourth-order valence-corrected chi connectivity index (χ4v) is 3.20. The van der Waals surface area contributed by atoms with Crippen LogP contribution >= 0.6 is 35.4 Å². The van der Waals surface area contributed by atoms with E-state index in [1.54, 1.807) is 24.3 Å². The molecule has 0 saturated heterocycles. The Labute approximate surface area is 207 Å². The molecular formula is C22H15Cl2F3N4O2S. The van der Waals surface area contributed by atoms with E-state index in [0.29, 0.717) is 10.7 Å². The summed E-state index contributed by atoms with van der Waals surface area (Å²) < 4.78 is 38.7.